The Balaban J connectivity index is 1.92. The number of fused-ring (bicyclic) bond motifs is 1. The third kappa shape index (κ3) is 3.34. The molecule has 7 heteroatoms. The van der Waals surface area contributed by atoms with Crippen LogP contribution < -0.4 is 4.74 Å². The first-order valence-corrected chi connectivity index (χ1v) is 9.60. The van der Waals surface area contributed by atoms with E-state index in [9.17, 15) is 9.32 Å². The molecule has 1 N–H and O–H groups in total. The van der Waals surface area contributed by atoms with Gasteiger partial charge in [0.25, 0.3) is 0 Å². The topological polar surface area (TPSA) is 72.3 Å². The minimum Gasteiger partial charge on any atom is -0.474 e. The van der Waals surface area contributed by atoms with Crippen molar-refractivity contribution in [2.45, 2.75) is 43.6 Å². The maximum atomic E-state index is 11.4. The summed E-state index contributed by atoms with van der Waals surface area (Å²) in [7, 11) is -0.807. The molecule has 0 radical (unpaired) electrons. The maximum absolute atomic E-state index is 11.4. The van der Waals surface area contributed by atoms with E-state index in [2.05, 4.69) is 9.97 Å². The molecule has 1 aliphatic rings. The van der Waals surface area contributed by atoms with Crippen molar-refractivity contribution in [2.24, 2.45) is 0 Å². The average Bonchev–Trinajstić information content (AvgIpc) is 2.48. The third-order valence-corrected chi connectivity index (χ3v) is 5.81. The largest absolute Gasteiger partial charge is 0.474 e. The number of rotatable bonds is 5. The summed E-state index contributed by atoms with van der Waals surface area (Å²) in [5.41, 5.74) is 0.722. The number of pyridine rings is 2. The number of halogens is 1. The lowest BCUT2D eigenvalue weighted by Crippen LogP contribution is -2.40. The minimum absolute atomic E-state index is 0.0252. The summed E-state index contributed by atoms with van der Waals surface area (Å²) in [4.78, 5) is 8.46. The molecule has 2 aromatic rings. The third-order valence-electron chi connectivity index (χ3n) is 4.28. The van der Waals surface area contributed by atoms with E-state index in [0.29, 0.717) is 17.5 Å². The van der Waals surface area contributed by atoms with Crippen molar-refractivity contribution in [1.82, 2.24) is 9.97 Å². The van der Waals surface area contributed by atoms with Crippen LogP contribution in [0.4, 0.5) is 0 Å². The lowest BCUT2D eigenvalue weighted by atomic mass is 9.95. The summed E-state index contributed by atoms with van der Waals surface area (Å²) in [5, 5.41) is 12.3. The van der Waals surface area contributed by atoms with E-state index in [1.165, 1.54) is 0 Å². The Labute approximate surface area is 142 Å². The first-order valence-electron chi connectivity index (χ1n) is 7.60. The normalized spacial score (nSPS) is 23.3. The monoisotopic (exact) mass is 354 g/mol. The van der Waals surface area contributed by atoms with Crippen LogP contribution in [0.5, 0.6) is 5.88 Å². The van der Waals surface area contributed by atoms with E-state index in [4.69, 9.17) is 16.3 Å². The standard InChI is InChI=1S/C16H19ClN2O3S/c1-3-14(20)12-7-19-16(13-8-18-15(17)6-11(12)13)22-9-4-10(5-9)23(2)21/h6-10,14,20H,3-5H2,1-2H3. The molecule has 3 rings (SSSR count). The van der Waals surface area contributed by atoms with Gasteiger partial charge in [0.15, 0.2) is 0 Å². The number of aliphatic hydroxyl groups is 1. The van der Waals surface area contributed by atoms with E-state index in [1.807, 2.05) is 6.92 Å². The molecule has 0 bridgehead atoms. The Kier molecular flexibility index (Phi) is 4.85. The summed E-state index contributed by atoms with van der Waals surface area (Å²) in [5.74, 6) is 0.488. The Hall–Kier alpha value is -1.24. The zero-order valence-corrected chi connectivity index (χ0v) is 14.6. The van der Waals surface area contributed by atoms with E-state index in [0.717, 1.165) is 29.2 Å². The second kappa shape index (κ2) is 6.71. The molecule has 5 nitrogen and oxygen atoms in total. The van der Waals surface area contributed by atoms with Gasteiger partial charge in [0, 0.05) is 40.3 Å². The van der Waals surface area contributed by atoms with Crippen molar-refractivity contribution in [3.8, 4) is 5.88 Å². The van der Waals surface area contributed by atoms with Gasteiger partial charge in [0.2, 0.25) is 5.88 Å². The van der Waals surface area contributed by atoms with Crippen molar-refractivity contribution in [3.63, 3.8) is 0 Å². The average molecular weight is 355 g/mol. The molecule has 0 saturated heterocycles. The molecule has 0 spiro atoms. The van der Waals surface area contributed by atoms with Crippen LogP contribution >= 0.6 is 11.6 Å². The molecule has 0 amide bonds. The zero-order valence-electron chi connectivity index (χ0n) is 13.0. The van der Waals surface area contributed by atoms with Crippen LogP contribution in [0.15, 0.2) is 18.5 Å². The molecule has 1 aliphatic carbocycles. The fourth-order valence-electron chi connectivity index (χ4n) is 2.73. The van der Waals surface area contributed by atoms with E-state index in [-0.39, 0.29) is 11.4 Å². The SMILES string of the molecule is CCC(O)c1cnc(OC2CC(S(C)=O)C2)c2cnc(Cl)cc12. The van der Waals surface area contributed by atoms with Gasteiger partial charge < -0.3 is 9.84 Å². The zero-order chi connectivity index (χ0) is 16.6. The predicted octanol–water partition coefficient (Wildman–Crippen LogP) is 3.01. The molecular weight excluding hydrogens is 336 g/mol. The highest BCUT2D eigenvalue weighted by Gasteiger charge is 2.34. The van der Waals surface area contributed by atoms with Crippen molar-refractivity contribution >= 4 is 33.2 Å². The molecule has 0 aliphatic heterocycles. The number of hydrogen-bond donors (Lipinski definition) is 1. The van der Waals surface area contributed by atoms with Gasteiger partial charge in [-0.15, -0.1) is 0 Å². The van der Waals surface area contributed by atoms with Gasteiger partial charge in [-0.1, -0.05) is 18.5 Å². The summed E-state index contributed by atoms with van der Waals surface area (Å²) < 4.78 is 17.4. The van der Waals surface area contributed by atoms with Gasteiger partial charge in [-0.2, -0.15) is 0 Å². The van der Waals surface area contributed by atoms with Crippen LogP contribution in [0.1, 0.15) is 37.9 Å². The van der Waals surface area contributed by atoms with Crippen molar-refractivity contribution in [3.05, 3.63) is 29.2 Å². The lowest BCUT2D eigenvalue weighted by Gasteiger charge is -2.33. The molecule has 2 aromatic heterocycles. The van der Waals surface area contributed by atoms with Crippen LogP contribution in [-0.4, -0.2) is 36.9 Å². The number of ether oxygens (including phenoxy) is 1. The number of nitrogens with zero attached hydrogens (tertiary/aromatic N) is 2. The molecule has 1 fully saturated rings. The van der Waals surface area contributed by atoms with Gasteiger partial charge in [0.05, 0.1) is 11.5 Å². The Morgan fingerprint density at radius 3 is 2.78 bits per heavy atom. The molecule has 1 saturated carbocycles. The van der Waals surface area contributed by atoms with E-state index >= 15 is 0 Å². The van der Waals surface area contributed by atoms with Gasteiger partial charge in [-0.25, -0.2) is 9.97 Å². The smallest absolute Gasteiger partial charge is 0.223 e. The Morgan fingerprint density at radius 2 is 2.13 bits per heavy atom. The maximum Gasteiger partial charge on any atom is 0.223 e. The fourth-order valence-corrected chi connectivity index (χ4v) is 3.86. The second-order valence-corrected chi connectivity index (χ2v) is 7.88. The summed E-state index contributed by atoms with van der Waals surface area (Å²) in [6.07, 6.45) is 6.53. The van der Waals surface area contributed by atoms with Crippen molar-refractivity contribution in [2.75, 3.05) is 6.26 Å². The van der Waals surface area contributed by atoms with Gasteiger partial charge in [0.1, 0.15) is 11.3 Å². The summed E-state index contributed by atoms with van der Waals surface area (Å²) in [6.45, 7) is 1.91. The highest BCUT2D eigenvalue weighted by atomic mass is 35.5. The highest BCUT2D eigenvalue weighted by molar-refractivity contribution is 7.84. The molecule has 2 heterocycles. The summed E-state index contributed by atoms with van der Waals surface area (Å²) in [6, 6.07) is 1.73. The van der Waals surface area contributed by atoms with Crippen LogP contribution in [0.2, 0.25) is 5.15 Å². The summed E-state index contributed by atoms with van der Waals surface area (Å²) >= 11 is 6.00. The number of aliphatic hydroxyl groups excluding tert-OH is 1. The quantitative estimate of drug-likeness (QED) is 0.835. The second-order valence-electron chi connectivity index (χ2n) is 5.83. The molecule has 2 atom stereocenters. The minimum atomic E-state index is -0.807. The molecule has 124 valence electrons. The number of hydrogen-bond acceptors (Lipinski definition) is 5. The molecular formula is C16H19ClN2O3S. The van der Waals surface area contributed by atoms with Crippen LogP contribution in [0.3, 0.4) is 0 Å². The van der Waals surface area contributed by atoms with Crippen molar-refractivity contribution in [1.29, 1.82) is 0 Å². The number of aromatic nitrogens is 2. The molecule has 23 heavy (non-hydrogen) atoms. The first-order chi connectivity index (χ1) is 11.0. The first kappa shape index (κ1) is 16.6. The Morgan fingerprint density at radius 1 is 1.39 bits per heavy atom. The van der Waals surface area contributed by atoms with Gasteiger partial charge in [-0.05, 0) is 30.7 Å². The van der Waals surface area contributed by atoms with Crippen molar-refractivity contribution < 1.29 is 14.1 Å². The Bertz CT molecular complexity index is 749. The van der Waals surface area contributed by atoms with E-state index < -0.39 is 16.9 Å². The van der Waals surface area contributed by atoms with Gasteiger partial charge >= 0.3 is 0 Å². The lowest BCUT2D eigenvalue weighted by molar-refractivity contribution is 0.121. The molecule has 0 aromatic carbocycles. The van der Waals surface area contributed by atoms with Gasteiger partial charge in [-0.3, -0.25) is 4.21 Å². The fraction of sp³-hybridized carbons (Fsp3) is 0.500. The van der Waals surface area contributed by atoms with Crippen LogP contribution in [0.25, 0.3) is 10.8 Å². The van der Waals surface area contributed by atoms with Crippen LogP contribution in [0, 0.1) is 0 Å². The molecule has 2 unspecified atom stereocenters. The van der Waals surface area contributed by atoms with Crippen LogP contribution in [-0.2, 0) is 10.8 Å². The van der Waals surface area contributed by atoms with E-state index in [1.54, 1.807) is 24.7 Å². The highest BCUT2D eigenvalue weighted by Crippen LogP contribution is 2.35. The predicted molar refractivity (Wildman–Crippen MR) is 91.3 cm³/mol.